The van der Waals surface area contributed by atoms with Crippen LogP contribution < -0.4 is 43.8 Å². The Morgan fingerprint density at radius 2 is 1.12 bits per heavy atom. The van der Waals surface area contributed by atoms with Gasteiger partial charge in [0, 0.05) is 36.4 Å². The highest BCUT2D eigenvalue weighted by Gasteiger charge is 2.34. The Hall–Kier alpha value is -7.11. The van der Waals surface area contributed by atoms with Gasteiger partial charge < -0.3 is 53.9 Å². The lowest BCUT2D eigenvalue weighted by Gasteiger charge is -2.28. The number of hydrogen-bond donors (Lipinski definition) is 10. The number of rotatable bonds is 25. The Balaban J connectivity index is 1.48. The van der Waals surface area contributed by atoms with Crippen LogP contribution in [-0.4, -0.2) is 94.3 Å². The molecule has 0 radical (unpaired) electrons. The van der Waals surface area contributed by atoms with Crippen molar-refractivity contribution in [3.63, 3.8) is 0 Å². The van der Waals surface area contributed by atoms with E-state index in [-0.39, 0.29) is 31.6 Å². The number of primary amides is 1. The summed E-state index contributed by atoms with van der Waals surface area (Å²) in [6.07, 6.45) is 2.71. The molecule has 17 nitrogen and oxygen atoms in total. The number of carboxylic acids is 1. The van der Waals surface area contributed by atoms with Crippen LogP contribution in [0, 0.1) is 5.92 Å². The number of H-pyrrole nitrogens is 1. The summed E-state index contributed by atoms with van der Waals surface area (Å²) in [4.78, 5) is 97.7. The van der Waals surface area contributed by atoms with E-state index in [1.807, 2.05) is 72.8 Å². The van der Waals surface area contributed by atoms with Crippen LogP contribution in [0.2, 0.25) is 0 Å². The zero-order chi connectivity index (χ0) is 47.8. The lowest BCUT2D eigenvalue weighted by atomic mass is 9.97. The van der Waals surface area contributed by atoms with E-state index in [0.29, 0.717) is 36.9 Å². The van der Waals surface area contributed by atoms with Crippen LogP contribution in [0.5, 0.6) is 0 Å². The van der Waals surface area contributed by atoms with Crippen molar-refractivity contribution in [3.05, 3.63) is 120 Å². The first kappa shape index (κ1) is 49.9. The molecule has 0 saturated carbocycles. The number of aromatic nitrogens is 1. The molecule has 6 atom stereocenters. The van der Waals surface area contributed by atoms with Crippen molar-refractivity contribution in [1.29, 1.82) is 0 Å². The fraction of sp³-hybridized carbons (Fsp3) is 0.367. The molecule has 0 aliphatic rings. The molecule has 350 valence electrons. The summed E-state index contributed by atoms with van der Waals surface area (Å²) >= 11 is 0. The maximum Gasteiger partial charge on any atom is 0.326 e. The first-order chi connectivity index (χ1) is 31.6. The third kappa shape index (κ3) is 14.5. The topological polar surface area (TPSA) is 294 Å². The molecule has 0 aliphatic carbocycles. The summed E-state index contributed by atoms with van der Waals surface area (Å²) in [6, 6.07) is 22.0. The maximum atomic E-state index is 14.7. The van der Waals surface area contributed by atoms with Gasteiger partial charge in [-0.05, 0) is 65.3 Å². The van der Waals surface area contributed by atoms with Gasteiger partial charge in [-0.25, -0.2) is 4.79 Å². The van der Waals surface area contributed by atoms with E-state index in [9.17, 15) is 38.7 Å². The van der Waals surface area contributed by atoms with Gasteiger partial charge in [-0.2, -0.15) is 0 Å². The molecule has 0 aliphatic heterocycles. The molecule has 1 heterocycles. The molecule has 1 aromatic heterocycles. The number of nitrogens with one attached hydrogen (secondary N) is 6. The molecule has 0 unspecified atom stereocenters. The Labute approximate surface area is 383 Å². The standard InChI is InChI=1S/C49H61N9O8/c1-29(2)23-38(45(61)58-42(49(65)66)27-43(52)59)55-48(64)41(26-33-28-53-37-21-9-8-19-35(33)37)57-46(62)39(24-30-13-4-3-5-14-30)56-47(63)40(54-44(60)36(51)20-10-11-22-50)25-32-17-12-16-31-15-6-7-18-34(31)32/h3-9,12-19,21,28-29,36,38-42,53H,10-11,20,22-27,50-51H2,1-2H3,(H2,52,59)(H,54,60)(H,55,64)(H,56,63)(H,57,62)(H,58,61)(H,65,66)/t36-,38-,39-,40-,41+,42-/m0/s1. The second-order valence-electron chi connectivity index (χ2n) is 16.9. The second-order valence-corrected chi connectivity index (χ2v) is 16.9. The zero-order valence-electron chi connectivity index (χ0n) is 37.3. The predicted octanol–water partition coefficient (Wildman–Crippen LogP) is 2.24. The van der Waals surface area contributed by atoms with Gasteiger partial charge >= 0.3 is 5.97 Å². The van der Waals surface area contributed by atoms with E-state index < -0.39 is 84.1 Å². The van der Waals surface area contributed by atoms with Crippen molar-refractivity contribution in [2.45, 2.75) is 101 Å². The van der Waals surface area contributed by atoms with Crippen LogP contribution in [0.25, 0.3) is 21.7 Å². The number of amides is 6. The summed E-state index contributed by atoms with van der Waals surface area (Å²) < 4.78 is 0. The number of benzene rings is 4. The van der Waals surface area contributed by atoms with E-state index >= 15 is 0 Å². The molecular formula is C49H61N9O8. The molecule has 5 rings (SSSR count). The van der Waals surface area contributed by atoms with Crippen molar-refractivity contribution in [2.24, 2.45) is 23.1 Å². The number of aromatic amines is 1. The van der Waals surface area contributed by atoms with E-state index in [0.717, 1.165) is 27.2 Å². The smallest absolute Gasteiger partial charge is 0.326 e. The molecule has 0 bridgehead atoms. The molecule has 0 fully saturated rings. The number of nitrogens with two attached hydrogens (primary N) is 3. The third-order valence-corrected chi connectivity index (χ3v) is 11.3. The van der Waals surface area contributed by atoms with Crippen molar-refractivity contribution in [1.82, 2.24) is 31.6 Å². The average molecular weight is 904 g/mol. The van der Waals surface area contributed by atoms with Gasteiger partial charge in [-0.3, -0.25) is 28.8 Å². The fourth-order valence-electron chi connectivity index (χ4n) is 7.80. The van der Waals surface area contributed by atoms with Gasteiger partial charge in [0.05, 0.1) is 12.5 Å². The minimum Gasteiger partial charge on any atom is -0.480 e. The summed E-state index contributed by atoms with van der Waals surface area (Å²) in [7, 11) is 0. The van der Waals surface area contributed by atoms with Crippen LogP contribution in [0.3, 0.4) is 0 Å². The lowest BCUT2D eigenvalue weighted by Crippen LogP contribution is -2.60. The lowest BCUT2D eigenvalue weighted by molar-refractivity contribution is -0.144. The number of hydrogen-bond acceptors (Lipinski definition) is 9. The monoisotopic (exact) mass is 903 g/mol. The van der Waals surface area contributed by atoms with Gasteiger partial charge in [-0.15, -0.1) is 0 Å². The normalized spacial score (nSPS) is 14.0. The molecule has 5 aromatic rings. The van der Waals surface area contributed by atoms with Gasteiger partial charge in [0.2, 0.25) is 35.4 Å². The van der Waals surface area contributed by atoms with Gasteiger partial charge in [0.1, 0.15) is 30.2 Å². The van der Waals surface area contributed by atoms with Crippen molar-refractivity contribution in [2.75, 3.05) is 6.54 Å². The third-order valence-electron chi connectivity index (χ3n) is 11.3. The molecule has 17 heteroatoms. The van der Waals surface area contributed by atoms with Crippen molar-refractivity contribution >= 4 is 63.1 Å². The summed E-state index contributed by atoms with van der Waals surface area (Å²) in [5.41, 5.74) is 20.1. The Kier molecular flexibility index (Phi) is 18.3. The number of fused-ring (bicyclic) bond motifs is 2. The van der Waals surface area contributed by atoms with Gasteiger partial charge in [-0.1, -0.05) is 111 Å². The van der Waals surface area contributed by atoms with E-state index in [1.165, 1.54) is 0 Å². The summed E-state index contributed by atoms with van der Waals surface area (Å²) in [5, 5.41) is 25.9. The minimum absolute atomic E-state index is 0.0117. The van der Waals surface area contributed by atoms with Crippen LogP contribution in [0.1, 0.15) is 62.6 Å². The molecule has 6 amide bonds. The maximum absolute atomic E-state index is 14.7. The molecule has 4 aromatic carbocycles. The quantitative estimate of drug-likeness (QED) is 0.0381. The highest BCUT2D eigenvalue weighted by molar-refractivity contribution is 5.98. The molecule has 66 heavy (non-hydrogen) atoms. The number of carboxylic acid groups (broad SMARTS) is 1. The first-order valence-corrected chi connectivity index (χ1v) is 22.2. The average Bonchev–Trinajstić information content (AvgIpc) is 3.70. The number of carbonyl (C=O) groups excluding carboxylic acids is 6. The number of aliphatic carboxylic acids is 1. The fourth-order valence-corrected chi connectivity index (χ4v) is 7.80. The van der Waals surface area contributed by atoms with Crippen LogP contribution in [0.15, 0.2) is 103 Å². The molecular weight excluding hydrogens is 843 g/mol. The van der Waals surface area contributed by atoms with Crippen LogP contribution in [-0.2, 0) is 52.8 Å². The van der Waals surface area contributed by atoms with E-state index in [1.54, 1.807) is 44.3 Å². The van der Waals surface area contributed by atoms with E-state index in [2.05, 4.69) is 31.6 Å². The first-order valence-electron chi connectivity index (χ1n) is 22.2. The summed E-state index contributed by atoms with van der Waals surface area (Å²) in [5.74, 6) is -6.20. The van der Waals surface area contributed by atoms with Gasteiger partial charge in [0.25, 0.3) is 0 Å². The van der Waals surface area contributed by atoms with Crippen molar-refractivity contribution in [3.8, 4) is 0 Å². The SMILES string of the molecule is CC(C)C[C@H](NC(=O)[C@@H](Cc1c[nH]c2ccccc12)NC(=O)[C@H](Cc1ccccc1)NC(=O)[C@H](Cc1cccc2ccccc12)NC(=O)[C@@H](N)CCCCN)C(=O)N[C@@H](CC(N)=O)C(=O)O. The van der Waals surface area contributed by atoms with Crippen LogP contribution >= 0.6 is 0 Å². The number of unbranched alkanes of at least 4 members (excludes halogenated alkanes) is 1. The Morgan fingerprint density at radius 1 is 0.591 bits per heavy atom. The molecule has 13 N–H and O–H groups in total. The van der Waals surface area contributed by atoms with Crippen molar-refractivity contribution < 1.29 is 38.7 Å². The minimum atomic E-state index is -1.65. The van der Waals surface area contributed by atoms with E-state index in [4.69, 9.17) is 17.2 Å². The highest BCUT2D eigenvalue weighted by Crippen LogP contribution is 2.22. The Morgan fingerprint density at radius 3 is 1.76 bits per heavy atom. The van der Waals surface area contributed by atoms with Crippen LogP contribution in [0.4, 0.5) is 0 Å². The Bertz CT molecular complexity index is 2470. The predicted molar refractivity (Wildman–Crippen MR) is 251 cm³/mol. The second kappa shape index (κ2) is 24.3. The summed E-state index contributed by atoms with van der Waals surface area (Å²) in [6.45, 7) is 4.05. The van der Waals surface area contributed by atoms with Gasteiger partial charge in [0.15, 0.2) is 0 Å². The molecule has 0 spiro atoms. The largest absolute Gasteiger partial charge is 0.480 e. The number of para-hydroxylation sites is 1. The zero-order valence-corrected chi connectivity index (χ0v) is 37.3. The number of carbonyl (C=O) groups is 7. The highest BCUT2D eigenvalue weighted by atomic mass is 16.4. The molecule has 0 saturated heterocycles.